The van der Waals surface area contributed by atoms with Crippen LogP contribution in [0.2, 0.25) is 0 Å². The molecule has 1 aromatic carbocycles. The summed E-state index contributed by atoms with van der Waals surface area (Å²) in [5.74, 6) is 0.737. The summed E-state index contributed by atoms with van der Waals surface area (Å²) in [7, 11) is 0. The van der Waals surface area contributed by atoms with Crippen molar-refractivity contribution in [3.05, 3.63) is 29.8 Å². The fraction of sp³-hybridized carbons (Fsp3) is 0.625. The summed E-state index contributed by atoms with van der Waals surface area (Å²) in [4.78, 5) is 1.46. The Hall–Kier alpha value is -0.510. The maximum atomic E-state index is 5.60. The molecule has 2 rings (SSSR count). The van der Waals surface area contributed by atoms with Gasteiger partial charge in [0.25, 0.3) is 0 Å². The zero-order valence-corrected chi connectivity index (χ0v) is 12.8. The molecule has 0 amide bonds. The van der Waals surface area contributed by atoms with Gasteiger partial charge in [-0.1, -0.05) is 32.0 Å². The van der Waals surface area contributed by atoms with Gasteiger partial charge in [-0.2, -0.15) is 0 Å². The zero-order chi connectivity index (χ0) is 13.5. The number of hydrogen-bond donors (Lipinski definition) is 1. The Morgan fingerprint density at radius 3 is 2.95 bits per heavy atom. The number of fused-ring (bicyclic) bond motifs is 1. The van der Waals surface area contributed by atoms with Crippen LogP contribution in [0, 0.1) is 5.92 Å². The molecule has 1 atom stereocenters. The summed E-state index contributed by atoms with van der Waals surface area (Å²) in [5.41, 5.74) is 1.51. The molecule has 0 aromatic heterocycles. The lowest BCUT2D eigenvalue weighted by Gasteiger charge is -2.11. The topological polar surface area (TPSA) is 21.3 Å². The van der Waals surface area contributed by atoms with Crippen LogP contribution in [-0.4, -0.2) is 31.6 Å². The highest BCUT2D eigenvalue weighted by Gasteiger charge is 2.20. The van der Waals surface area contributed by atoms with Crippen LogP contribution in [0.5, 0.6) is 0 Å². The Bertz CT molecular complexity index is 356. The smallest absolute Gasteiger partial charge is 0.0590 e. The second-order valence-corrected chi connectivity index (χ2v) is 6.89. The predicted octanol–water partition coefficient (Wildman–Crippen LogP) is 3.36. The van der Waals surface area contributed by atoms with Crippen LogP contribution >= 0.6 is 11.8 Å². The summed E-state index contributed by atoms with van der Waals surface area (Å²) < 4.78 is 5.60. The van der Waals surface area contributed by atoms with Crippen molar-refractivity contribution >= 4 is 11.8 Å². The van der Waals surface area contributed by atoms with E-state index in [0.29, 0.717) is 5.25 Å². The van der Waals surface area contributed by atoms with Gasteiger partial charge >= 0.3 is 0 Å². The molecule has 0 aliphatic carbocycles. The number of nitrogens with one attached hydrogen (secondary N) is 1. The predicted molar refractivity (Wildman–Crippen MR) is 82.9 cm³/mol. The molecule has 0 saturated carbocycles. The Kier molecular flexibility index (Phi) is 6.21. The van der Waals surface area contributed by atoms with Gasteiger partial charge in [-0.15, -0.1) is 11.8 Å². The second kappa shape index (κ2) is 7.93. The van der Waals surface area contributed by atoms with Crippen LogP contribution in [0.4, 0.5) is 0 Å². The van der Waals surface area contributed by atoms with E-state index in [1.54, 1.807) is 0 Å². The maximum absolute atomic E-state index is 5.60. The highest BCUT2D eigenvalue weighted by Crippen LogP contribution is 2.36. The molecule has 1 heterocycles. The number of ether oxygens (including phenoxy) is 1. The zero-order valence-electron chi connectivity index (χ0n) is 12.0. The van der Waals surface area contributed by atoms with Crippen molar-refractivity contribution < 1.29 is 4.74 Å². The third-order valence-electron chi connectivity index (χ3n) is 3.35. The van der Waals surface area contributed by atoms with E-state index in [1.807, 2.05) is 11.8 Å². The lowest BCUT2D eigenvalue weighted by atomic mass is 10.1. The molecule has 106 valence electrons. The number of thioether (sulfide) groups is 1. The minimum Gasteiger partial charge on any atom is -0.380 e. The fourth-order valence-corrected chi connectivity index (χ4v) is 3.48. The van der Waals surface area contributed by atoms with Gasteiger partial charge < -0.3 is 10.1 Å². The Morgan fingerprint density at radius 2 is 2.16 bits per heavy atom. The van der Waals surface area contributed by atoms with Gasteiger partial charge in [-0.05, 0) is 30.4 Å². The molecule has 2 nitrogen and oxygen atoms in total. The van der Waals surface area contributed by atoms with Crippen molar-refractivity contribution in [2.45, 2.75) is 36.8 Å². The summed E-state index contributed by atoms with van der Waals surface area (Å²) in [6, 6.07) is 8.74. The lowest BCUT2D eigenvalue weighted by molar-refractivity contribution is 0.125. The minimum absolute atomic E-state index is 0.688. The number of benzene rings is 1. The van der Waals surface area contributed by atoms with E-state index < -0.39 is 0 Å². The molecular formula is C16H25NOS. The van der Waals surface area contributed by atoms with Gasteiger partial charge in [0.05, 0.1) is 6.61 Å². The van der Waals surface area contributed by atoms with Gasteiger partial charge in [0.15, 0.2) is 0 Å². The van der Waals surface area contributed by atoms with Gasteiger partial charge in [0.2, 0.25) is 0 Å². The molecule has 1 aliphatic rings. The van der Waals surface area contributed by atoms with E-state index in [2.05, 4.69) is 43.4 Å². The molecule has 0 fully saturated rings. The SMILES string of the molecule is CC(C)CCOCCNCC1Cc2ccccc2S1. The summed E-state index contributed by atoms with van der Waals surface area (Å²) in [5, 5.41) is 4.19. The van der Waals surface area contributed by atoms with Crippen molar-refractivity contribution in [1.29, 1.82) is 0 Å². The molecule has 1 N–H and O–H groups in total. The highest BCUT2D eigenvalue weighted by molar-refractivity contribution is 8.00. The summed E-state index contributed by atoms with van der Waals surface area (Å²) in [6.45, 7) is 8.23. The first-order valence-electron chi connectivity index (χ1n) is 7.28. The number of rotatable bonds is 8. The minimum atomic E-state index is 0.688. The first-order chi connectivity index (χ1) is 9.25. The molecule has 19 heavy (non-hydrogen) atoms. The van der Waals surface area contributed by atoms with Crippen LogP contribution in [0.1, 0.15) is 25.8 Å². The molecule has 0 saturated heterocycles. The van der Waals surface area contributed by atoms with Crippen LogP contribution in [0.15, 0.2) is 29.2 Å². The second-order valence-electron chi connectivity index (χ2n) is 5.55. The molecule has 0 radical (unpaired) electrons. The van der Waals surface area contributed by atoms with E-state index in [1.165, 1.54) is 16.9 Å². The Morgan fingerprint density at radius 1 is 1.32 bits per heavy atom. The van der Waals surface area contributed by atoms with E-state index in [4.69, 9.17) is 4.74 Å². The van der Waals surface area contributed by atoms with Crippen molar-refractivity contribution in [3.8, 4) is 0 Å². The van der Waals surface area contributed by atoms with E-state index >= 15 is 0 Å². The van der Waals surface area contributed by atoms with Crippen molar-refractivity contribution in [2.24, 2.45) is 5.92 Å². The van der Waals surface area contributed by atoms with Gasteiger partial charge in [0.1, 0.15) is 0 Å². The fourth-order valence-electron chi connectivity index (χ4n) is 2.20. The van der Waals surface area contributed by atoms with Crippen LogP contribution in [-0.2, 0) is 11.2 Å². The molecule has 0 bridgehead atoms. The maximum Gasteiger partial charge on any atom is 0.0590 e. The summed E-state index contributed by atoms with van der Waals surface area (Å²) >= 11 is 2.01. The molecule has 1 aromatic rings. The van der Waals surface area contributed by atoms with E-state index in [9.17, 15) is 0 Å². The van der Waals surface area contributed by atoms with Crippen LogP contribution in [0.3, 0.4) is 0 Å². The average molecular weight is 279 g/mol. The molecule has 3 heteroatoms. The Labute approximate surface area is 121 Å². The molecule has 0 spiro atoms. The molecule has 1 aliphatic heterocycles. The summed E-state index contributed by atoms with van der Waals surface area (Å²) in [6.07, 6.45) is 2.36. The molecule has 1 unspecified atom stereocenters. The molecular weight excluding hydrogens is 254 g/mol. The first-order valence-corrected chi connectivity index (χ1v) is 8.16. The normalized spacial score (nSPS) is 17.9. The quantitative estimate of drug-likeness (QED) is 0.737. The largest absolute Gasteiger partial charge is 0.380 e. The number of hydrogen-bond acceptors (Lipinski definition) is 3. The third kappa shape index (κ3) is 5.17. The monoisotopic (exact) mass is 279 g/mol. The van der Waals surface area contributed by atoms with E-state index in [0.717, 1.165) is 38.6 Å². The van der Waals surface area contributed by atoms with Crippen molar-refractivity contribution in [1.82, 2.24) is 5.32 Å². The Balaban J connectivity index is 1.52. The third-order valence-corrected chi connectivity index (χ3v) is 4.67. The van der Waals surface area contributed by atoms with Crippen LogP contribution < -0.4 is 5.32 Å². The highest BCUT2D eigenvalue weighted by atomic mass is 32.2. The van der Waals surface area contributed by atoms with Crippen molar-refractivity contribution in [3.63, 3.8) is 0 Å². The van der Waals surface area contributed by atoms with Gasteiger partial charge in [-0.3, -0.25) is 0 Å². The standard InChI is InChI=1S/C16H25NOS/c1-13(2)7-9-18-10-8-17-12-15-11-14-5-3-4-6-16(14)19-15/h3-6,13,15,17H,7-12H2,1-2H3. The average Bonchev–Trinajstić information content (AvgIpc) is 2.79. The van der Waals surface area contributed by atoms with Crippen molar-refractivity contribution in [2.75, 3.05) is 26.3 Å². The van der Waals surface area contributed by atoms with E-state index in [-0.39, 0.29) is 0 Å². The first kappa shape index (κ1) is 14.9. The lowest BCUT2D eigenvalue weighted by Crippen LogP contribution is -2.27. The van der Waals surface area contributed by atoms with Gasteiger partial charge in [0, 0.05) is 29.8 Å². The van der Waals surface area contributed by atoms with Crippen LogP contribution in [0.25, 0.3) is 0 Å². The van der Waals surface area contributed by atoms with Gasteiger partial charge in [-0.25, -0.2) is 0 Å².